The molecule has 0 aromatic rings. The van der Waals surface area contributed by atoms with Crippen LogP contribution in [-0.4, -0.2) is 29.2 Å². The number of imide groups is 1. The summed E-state index contributed by atoms with van der Waals surface area (Å²) in [6, 6.07) is 0. The lowest BCUT2D eigenvalue weighted by atomic mass is 10.00. The van der Waals surface area contributed by atoms with Crippen molar-refractivity contribution in [2.45, 2.75) is 39.0 Å². The molecule has 2 rings (SSSR count). The van der Waals surface area contributed by atoms with Crippen LogP contribution >= 0.6 is 0 Å². The number of nitrogens with one attached hydrogen (secondary N) is 1. The summed E-state index contributed by atoms with van der Waals surface area (Å²) in [5, 5.41) is 0. The number of fused-ring (bicyclic) bond motifs is 1. The quantitative estimate of drug-likeness (QED) is 0.321. The first kappa shape index (κ1) is 14.0. The topological polar surface area (TPSA) is 92.5 Å². The molecular weight excluding hydrogens is 246 g/mol. The fourth-order valence-corrected chi connectivity index (χ4v) is 3.22. The first-order valence-electron chi connectivity index (χ1n) is 6.93. The van der Waals surface area contributed by atoms with Gasteiger partial charge in [0.1, 0.15) is 0 Å². The smallest absolute Gasteiger partial charge is 0.233 e. The van der Waals surface area contributed by atoms with Crippen molar-refractivity contribution in [1.29, 1.82) is 0 Å². The third-order valence-corrected chi connectivity index (χ3v) is 4.35. The van der Waals surface area contributed by atoms with E-state index in [4.69, 9.17) is 5.84 Å². The van der Waals surface area contributed by atoms with Crippen molar-refractivity contribution in [2.24, 2.45) is 23.6 Å². The van der Waals surface area contributed by atoms with Crippen LogP contribution in [0.25, 0.3) is 0 Å². The molecule has 19 heavy (non-hydrogen) atoms. The number of rotatable bonds is 5. The van der Waals surface area contributed by atoms with Gasteiger partial charge >= 0.3 is 0 Å². The maximum atomic E-state index is 12.2. The third-order valence-electron chi connectivity index (χ3n) is 4.35. The predicted octanol–water partition coefficient (Wildman–Crippen LogP) is 0.178. The lowest BCUT2D eigenvalue weighted by molar-refractivity contribution is -0.141. The summed E-state index contributed by atoms with van der Waals surface area (Å²) >= 11 is 0. The van der Waals surface area contributed by atoms with Gasteiger partial charge < -0.3 is 0 Å². The van der Waals surface area contributed by atoms with E-state index in [0.717, 1.165) is 19.3 Å². The van der Waals surface area contributed by atoms with E-state index in [2.05, 4.69) is 6.92 Å². The van der Waals surface area contributed by atoms with Gasteiger partial charge in [-0.3, -0.25) is 24.7 Å². The fraction of sp³-hybridized carbons (Fsp3) is 0.769. The maximum absolute atomic E-state index is 12.2. The number of carbonyl (C=O) groups is 3. The molecule has 6 heteroatoms. The number of hydrogen-bond donors (Lipinski definition) is 2. The van der Waals surface area contributed by atoms with E-state index >= 15 is 0 Å². The molecule has 0 bridgehead atoms. The number of hydrazine groups is 1. The first-order valence-corrected chi connectivity index (χ1v) is 6.93. The summed E-state index contributed by atoms with van der Waals surface area (Å²) in [7, 11) is 0. The van der Waals surface area contributed by atoms with Crippen molar-refractivity contribution in [2.75, 3.05) is 6.54 Å². The van der Waals surface area contributed by atoms with Crippen molar-refractivity contribution < 1.29 is 14.4 Å². The first-order chi connectivity index (χ1) is 9.08. The van der Waals surface area contributed by atoms with Crippen LogP contribution < -0.4 is 11.3 Å². The summed E-state index contributed by atoms with van der Waals surface area (Å²) in [4.78, 5) is 36.7. The van der Waals surface area contributed by atoms with Gasteiger partial charge in [0.15, 0.2) is 0 Å². The Balaban J connectivity index is 1.89. The zero-order chi connectivity index (χ0) is 14.0. The normalized spacial score (nSPS) is 29.8. The molecule has 0 spiro atoms. The van der Waals surface area contributed by atoms with Gasteiger partial charge in [-0.15, -0.1) is 0 Å². The highest BCUT2D eigenvalue weighted by molar-refractivity contribution is 6.05. The van der Waals surface area contributed by atoms with Gasteiger partial charge in [-0.1, -0.05) is 13.3 Å². The van der Waals surface area contributed by atoms with Gasteiger partial charge in [0, 0.05) is 13.0 Å². The Labute approximate surface area is 112 Å². The van der Waals surface area contributed by atoms with Crippen molar-refractivity contribution in [1.82, 2.24) is 10.3 Å². The van der Waals surface area contributed by atoms with Gasteiger partial charge in [0.2, 0.25) is 17.7 Å². The molecule has 2 atom stereocenters. The summed E-state index contributed by atoms with van der Waals surface area (Å²) in [6.45, 7) is 2.43. The van der Waals surface area contributed by atoms with E-state index in [0.29, 0.717) is 18.9 Å². The molecule has 2 aliphatic rings. The number of hydrogen-bond acceptors (Lipinski definition) is 4. The van der Waals surface area contributed by atoms with Gasteiger partial charge in [-0.2, -0.15) is 0 Å². The van der Waals surface area contributed by atoms with Crippen molar-refractivity contribution in [3.63, 3.8) is 0 Å². The molecule has 0 radical (unpaired) electrons. The molecule has 2 unspecified atom stereocenters. The summed E-state index contributed by atoms with van der Waals surface area (Å²) in [6.07, 6.45) is 3.42. The predicted molar refractivity (Wildman–Crippen MR) is 68.3 cm³/mol. The summed E-state index contributed by atoms with van der Waals surface area (Å²) < 4.78 is 0. The number of amides is 3. The van der Waals surface area contributed by atoms with Gasteiger partial charge in [0.05, 0.1) is 11.8 Å². The van der Waals surface area contributed by atoms with E-state index in [1.54, 1.807) is 0 Å². The van der Waals surface area contributed by atoms with E-state index in [1.165, 1.54) is 4.90 Å². The Morgan fingerprint density at radius 1 is 1.32 bits per heavy atom. The summed E-state index contributed by atoms with van der Waals surface area (Å²) in [5.41, 5.74) is 2.04. The lowest BCUT2D eigenvalue weighted by Crippen LogP contribution is -2.35. The Kier molecular flexibility index (Phi) is 4.19. The van der Waals surface area contributed by atoms with Crippen LogP contribution in [-0.2, 0) is 14.4 Å². The fourth-order valence-electron chi connectivity index (χ4n) is 3.22. The maximum Gasteiger partial charge on any atom is 0.233 e. The van der Waals surface area contributed by atoms with Crippen molar-refractivity contribution >= 4 is 17.7 Å². The lowest BCUT2D eigenvalue weighted by Gasteiger charge is -2.17. The van der Waals surface area contributed by atoms with Crippen LogP contribution in [0.3, 0.4) is 0 Å². The minimum atomic E-state index is -0.273. The van der Waals surface area contributed by atoms with Crippen LogP contribution in [0.4, 0.5) is 0 Å². The average molecular weight is 267 g/mol. The SMILES string of the molecule is CCC1CC2C(=O)N(CCCC(=O)NN)C(=O)C2C1. The van der Waals surface area contributed by atoms with Crippen molar-refractivity contribution in [3.05, 3.63) is 0 Å². The van der Waals surface area contributed by atoms with Gasteiger partial charge in [-0.25, -0.2) is 5.84 Å². The standard InChI is InChI=1S/C13H21N3O3/c1-2-8-6-9-10(7-8)13(19)16(12(9)18)5-3-4-11(17)15-14/h8-10H,2-7,14H2,1H3,(H,15,17). The minimum Gasteiger partial charge on any atom is -0.294 e. The molecule has 1 saturated carbocycles. The van der Waals surface area contributed by atoms with Gasteiger partial charge in [-0.05, 0) is 25.2 Å². The number of nitrogens with zero attached hydrogens (tertiary/aromatic N) is 1. The molecular formula is C13H21N3O3. The zero-order valence-electron chi connectivity index (χ0n) is 11.2. The molecule has 0 aromatic heterocycles. The molecule has 1 saturated heterocycles. The molecule has 106 valence electrons. The number of likely N-dealkylation sites (tertiary alicyclic amines) is 1. The third kappa shape index (κ3) is 2.63. The molecule has 0 aromatic carbocycles. The molecule has 6 nitrogen and oxygen atoms in total. The highest BCUT2D eigenvalue weighted by atomic mass is 16.2. The second-order valence-corrected chi connectivity index (χ2v) is 5.46. The van der Waals surface area contributed by atoms with E-state index in [-0.39, 0.29) is 36.0 Å². The van der Waals surface area contributed by atoms with Crippen LogP contribution in [0.1, 0.15) is 39.0 Å². The van der Waals surface area contributed by atoms with E-state index < -0.39 is 0 Å². The van der Waals surface area contributed by atoms with Crippen LogP contribution in [0.2, 0.25) is 0 Å². The monoisotopic (exact) mass is 267 g/mol. The Hall–Kier alpha value is -1.43. The molecule has 3 amide bonds. The highest BCUT2D eigenvalue weighted by Crippen LogP contribution is 2.44. The molecule has 1 aliphatic heterocycles. The zero-order valence-corrected chi connectivity index (χ0v) is 11.2. The molecule has 3 N–H and O–H groups in total. The largest absolute Gasteiger partial charge is 0.294 e. The van der Waals surface area contributed by atoms with Crippen LogP contribution in [0.15, 0.2) is 0 Å². The number of nitrogens with two attached hydrogens (primary N) is 1. The minimum absolute atomic E-state index is 0.0425. The van der Waals surface area contributed by atoms with Crippen LogP contribution in [0, 0.1) is 17.8 Å². The van der Waals surface area contributed by atoms with E-state index in [1.807, 2.05) is 5.43 Å². The van der Waals surface area contributed by atoms with Crippen LogP contribution in [0.5, 0.6) is 0 Å². The second kappa shape index (κ2) is 5.69. The second-order valence-electron chi connectivity index (χ2n) is 5.46. The molecule has 1 aliphatic carbocycles. The number of carbonyl (C=O) groups excluding carboxylic acids is 3. The molecule has 1 heterocycles. The Morgan fingerprint density at radius 3 is 2.37 bits per heavy atom. The Morgan fingerprint density at radius 2 is 1.89 bits per heavy atom. The van der Waals surface area contributed by atoms with E-state index in [9.17, 15) is 14.4 Å². The highest BCUT2D eigenvalue weighted by Gasteiger charge is 2.51. The Bertz CT molecular complexity index is 373. The van der Waals surface area contributed by atoms with Gasteiger partial charge in [0.25, 0.3) is 0 Å². The average Bonchev–Trinajstić information content (AvgIpc) is 2.93. The molecule has 2 fully saturated rings. The van der Waals surface area contributed by atoms with Crippen molar-refractivity contribution in [3.8, 4) is 0 Å². The summed E-state index contributed by atoms with van der Waals surface area (Å²) in [5.74, 6) is 4.91.